The van der Waals surface area contributed by atoms with E-state index >= 15 is 0 Å². The van der Waals surface area contributed by atoms with Crippen molar-refractivity contribution in [2.24, 2.45) is 0 Å². The van der Waals surface area contributed by atoms with Crippen molar-refractivity contribution in [3.8, 4) is 0 Å². The number of hydrogen-bond donors (Lipinski definition) is 0. The van der Waals surface area contributed by atoms with Gasteiger partial charge in [-0.3, -0.25) is 4.79 Å². The van der Waals surface area contributed by atoms with Crippen LogP contribution >= 0.6 is 0 Å². The minimum Gasteiger partial charge on any atom is -0.452 e. The lowest BCUT2D eigenvalue weighted by Gasteiger charge is -2.38. The molecule has 0 aliphatic carbocycles. The van der Waals surface area contributed by atoms with E-state index in [1.54, 1.807) is 4.90 Å². The molecule has 26 heavy (non-hydrogen) atoms. The number of esters is 1. The lowest BCUT2D eigenvalue weighted by Crippen LogP contribution is -2.49. The Labute approximate surface area is 155 Å². The number of amides is 1. The Hall–Kier alpha value is -1.93. The molecule has 7 nitrogen and oxygen atoms in total. The van der Waals surface area contributed by atoms with Gasteiger partial charge < -0.3 is 9.64 Å². The number of ether oxygens (including phenoxy) is 1. The van der Waals surface area contributed by atoms with E-state index in [4.69, 9.17) is 4.74 Å². The summed E-state index contributed by atoms with van der Waals surface area (Å²) in [5.74, 6) is -0.852. The van der Waals surface area contributed by atoms with E-state index in [0.717, 1.165) is 23.6 Å². The highest BCUT2D eigenvalue weighted by Crippen LogP contribution is 2.22. The summed E-state index contributed by atoms with van der Waals surface area (Å²) >= 11 is 0. The second kappa shape index (κ2) is 8.18. The number of hydrogen-bond acceptors (Lipinski definition) is 5. The normalized spacial score (nSPS) is 20.9. The van der Waals surface area contributed by atoms with Crippen LogP contribution in [-0.2, 0) is 19.6 Å². The van der Waals surface area contributed by atoms with E-state index in [1.165, 1.54) is 38.4 Å². The van der Waals surface area contributed by atoms with Crippen LogP contribution in [0.25, 0.3) is 0 Å². The van der Waals surface area contributed by atoms with Crippen LogP contribution in [0.15, 0.2) is 29.2 Å². The largest absolute Gasteiger partial charge is 0.452 e. The molecule has 1 aromatic rings. The van der Waals surface area contributed by atoms with Crippen molar-refractivity contribution >= 4 is 21.9 Å². The van der Waals surface area contributed by atoms with Crippen molar-refractivity contribution in [3.05, 3.63) is 29.8 Å². The molecule has 0 unspecified atom stereocenters. The maximum atomic E-state index is 12.4. The van der Waals surface area contributed by atoms with E-state index in [0.29, 0.717) is 0 Å². The first kappa shape index (κ1) is 20.4. The average Bonchev–Trinajstić information content (AvgIpc) is 2.59. The van der Waals surface area contributed by atoms with Gasteiger partial charge >= 0.3 is 5.97 Å². The number of carbonyl (C=O) groups is 2. The number of benzene rings is 1. The summed E-state index contributed by atoms with van der Waals surface area (Å²) in [4.78, 5) is 26.4. The molecular weight excluding hydrogens is 356 g/mol. The molecule has 0 spiro atoms. The minimum absolute atomic E-state index is 0.0890. The molecule has 1 aromatic carbocycles. The Bertz CT molecular complexity index is 748. The van der Waals surface area contributed by atoms with Crippen molar-refractivity contribution in [2.75, 3.05) is 20.7 Å². The Kier molecular flexibility index (Phi) is 6.41. The van der Waals surface area contributed by atoms with Gasteiger partial charge in [0.05, 0.1) is 10.5 Å². The van der Waals surface area contributed by atoms with Crippen molar-refractivity contribution in [3.63, 3.8) is 0 Å². The van der Waals surface area contributed by atoms with Gasteiger partial charge in [-0.2, -0.15) is 0 Å². The molecule has 8 heteroatoms. The Morgan fingerprint density at radius 2 is 1.65 bits per heavy atom. The monoisotopic (exact) mass is 382 g/mol. The van der Waals surface area contributed by atoms with E-state index in [1.807, 2.05) is 13.8 Å². The van der Waals surface area contributed by atoms with Crippen molar-refractivity contribution in [1.29, 1.82) is 0 Å². The lowest BCUT2D eigenvalue weighted by atomic mass is 9.97. The Morgan fingerprint density at radius 1 is 1.12 bits per heavy atom. The van der Waals surface area contributed by atoms with E-state index in [-0.39, 0.29) is 35.1 Å². The van der Waals surface area contributed by atoms with Crippen molar-refractivity contribution in [1.82, 2.24) is 9.21 Å². The number of sulfonamides is 1. The summed E-state index contributed by atoms with van der Waals surface area (Å²) < 4.78 is 30.3. The molecule has 1 aliphatic heterocycles. The third-order valence-corrected chi connectivity index (χ3v) is 6.51. The topological polar surface area (TPSA) is 84.0 Å². The van der Waals surface area contributed by atoms with Crippen molar-refractivity contribution in [2.45, 2.75) is 50.1 Å². The maximum Gasteiger partial charge on any atom is 0.338 e. The molecule has 144 valence electrons. The number of likely N-dealkylation sites (tertiary alicyclic amines) is 1. The first-order valence-electron chi connectivity index (χ1n) is 8.65. The summed E-state index contributed by atoms with van der Waals surface area (Å²) in [6, 6.07) is 5.75. The molecule has 0 aromatic heterocycles. The minimum atomic E-state index is -3.55. The van der Waals surface area contributed by atoms with Gasteiger partial charge in [0.2, 0.25) is 10.0 Å². The third kappa shape index (κ3) is 4.42. The number of carbonyl (C=O) groups excluding carboxylic acids is 2. The Morgan fingerprint density at radius 3 is 2.15 bits per heavy atom. The van der Waals surface area contributed by atoms with Gasteiger partial charge in [-0.15, -0.1) is 0 Å². The molecule has 0 saturated carbocycles. The highest BCUT2D eigenvalue weighted by Gasteiger charge is 2.29. The Balaban J connectivity index is 1.99. The fourth-order valence-corrected chi connectivity index (χ4v) is 4.07. The summed E-state index contributed by atoms with van der Waals surface area (Å²) in [6.07, 6.45) is 2.99. The van der Waals surface area contributed by atoms with Crippen LogP contribution < -0.4 is 0 Å². The summed E-state index contributed by atoms with van der Waals surface area (Å²) in [6.45, 7) is 3.68. The summed E-state index contributed by atoms with van der Waals surface area (Å²) in [5, 5.41) is 0. The molecular formula is C18H26N2O5S. The molecule has 0 N–H and O–H groups in total. The third-order valence-electron chi connectivity index (χ3n) is 4.68. The van der Waals surface area contributed by atoms with Gasteiger partial charge in [0, 0.05) is 26.2 Å². The van der Waals surface area contributed by atoms with Gasteiger partial charge in [-0.1, -0.05) is 0 Å². The van der Waals surface area contributed by atoms with Crippen LogP contribution in [0.2, 0.25) is 0 Å². The predicted molar refractivity (Wildman–Crippen MR) is 97.2 cm³/mol. The fourth-order valence-electron chi connectivity index (χ4n) is 3.17. The van der Waals surface area contributed by atoms with Gasteiger partial charge in [0.25, 0.3) is 5.91 Å². The maximum absolute atomic E-state index is 12.4. The molecule has 0 radical (unpaired) electrons. The molecule has 1 amide bonds. The molecule has 0 bridgehead atoms. The average molecular weight is 382 g/mol. The quantitative estimate of drug-likeness (QED) is 0.726. The smallest absolute Gasteiger partial charge is 0.338 e. The first-order chi connectivity index (χ1) is 12.1. The lowest BCUT2D eigenvalue weighted by molar-refractivity contribution is -0.140. The van der Waals surface area contributed by atoms with Crippen LogP contribution in [0.1, 0.15) is 43.5 Å². The van der Waals surface area contributed by atoms with E-state index in [2.05, 4.69) is 0 Å². The summed E-state index contributed by atoms with van der Waals surface area (Å²) in [5.41, 5.74) is 0.204. The van der Waals surface area contributed by atoms with E-state index < -0.39 is 16.0 Å². The SMILES string of the molecule is C[C@@H]1CCC[C@H](C)N1C(=O)COC(=O)c1ccc(S(=O)(=O)N(C)C)cc1. The number of rotatable bonds is 5. The molecule has 1 heterocycles. The molecule has 2 rings (SSSR count). The highest BCUT2D eigenvalue weighted by molar-refractivity contribution is 7.89. The van der Waals surface area contributed by atoms with Crippen LogP contribution in [0.3, 0.4) is 0 Å². The zero-order valence-corrected chi connectivity index (χ0v) is 16.5. The molecule has 1 aliphatic rings. The van der Waals surface area contributed by atoms with Gasteiger partial charge in [0.1, 0.15) is 0 Å². The number of nitrogens with zero attached hydrogens (tertiary/aromatic N) is 2. The van der Waals surface area contributed by atoms with Gasteiger partial charge in [-0.25, -0.2) is 17.5 Å². The fraction of sp³-hybridized carbons (Fsp3) is 0.556. The second-order valence-corrected chi connectivity index (χ2v) is 8.97. The van der Waals surface area contributed by atoms with Gasteiger partial charge in [0.15, 0.2) is 6.61 Å². The zero-order chi connectivity index (χ0) is 19.5. The standard InChI is InChI=1S/C18H26N2O5S/c1-13-6-5-7-14(2)20(13)17(21)12-25-18(22)15-8-10-16(11-9-15)26(23,24)19(3)4/h8-11,13-14H,5-7,12H2,1-4H3/t13-,14+. The van der Waals surface area contributed by atoms with Gasteiger partial charge in [-0.05, 0) is 57.4 Å². The molecule has 1 fully saturated rings. The highest BCUT2D eigenvalue weighted by atomic mass is 32.2. The van der Waals surface area contributed by atoms with Crippen LogP contribution in [0.4, 0.5) is 0 Å². The van der Waals surface area contributed by atoms with Crippen LogP contribution in [-0.4, -0.2) is 62.3 Å². The molecule has 2 atom stereocenters. The van der Waals surface area contributed by atoms with E-state index in [9.17, 15) is 18.0 Å². The zero-order valence-electron chi connectivity index (χ0n) is 15.6. The van der Waals surface area contributed by atoms with Crippen molar-refractivity contribution < 1.29 is 22.7 Å². The van der Waals surface area contributed by atoms with Crippen LogP contribution in [0, 0.1) is 0 Å². The van der Waals surface area contributed by atoms with Crippen LogP contribution in [0.5, 0.6) is 0 Å². The first-order valence-corrected chi connectivity index (χ1v) is 10.1. The summed E-state index contributed by atoms with van der Waals surface area (Å²) in [7, 11) is -0.679. The second-order valence-electron chi connectivity index (χ2n) is 6.82. The molecule has 1 saturated heterocycles. The predicted octanol–water partition coefficient (Wildman–Crippen LogP) is 1.88. The number of piperidine rings is 1.